The van der Waals surface area contributed by atoms with Crippen LogP contribution < -0.4 is 4.72 Å². The fourth-order valence-corrected chi connectivity index (χ4v) is 3.29. The van der Waals surface area contributed by atoms with Gasteiger partial charge in [-0.3, -0.25) is 10.1 Å². The van der Waals surface area contributed by atoms with Crippen LogP contribution in [0.3, 0.4) is 0 Å². The largest absolute Gasteiger partial charge is 0.336 e. The molecule has 0 aliphatic rings. The average molecular weight is 388 g/mol. The van der Waals surface area contributed by atoms with Crippen LogP contribution in [0.15, 0.2) is 38.7 Å². The van der Waals surface area contributed by atoms with E-state index in [1.54, 1.807) is 6.92 Å². The number of aryl methyl sites for hydroxylation is 1. The predicted octanol–water partition coefficient (Wildman–Crippen LogP) is 3.10. The van der Waals surface area contributed by atoms with Crippen molar-refractivity contribution >= 4 is 43.6 Å². The molecule has 0 amide bonds. The zero-order valence-corrected chi connectivity index (χ0v) is 13.6. The van der Waals surface area contributed by atoms with Gasteiger partial charge in [-0.1, -0.05) is 23.9 Å². The van der Waals surface area contributed by atoms with Gasteiger partial charge in [-0.15, -0.1) is 0 Å². The maximum absolute atomic E-state index is 12.4. The summed E-state index contributed by atoms with van der Waals surface area (Å²) in [7, 11) is -4.23. The highest BCUT2D eigenvalue weighted by molar-refractivity contribution is 9.10. The summed E-state index contributed by atoms with van der Waals surface area (Å²) in [6.07, 6.45) is 1.21. The minimum absolute atomic E-state index is 0.0979. The zero-order chi connectivity index (χ0) is 16.5. The summed E-state index contributed by atoms with van der Waals surface area (Å²) in [5, 5.41) is 14.8. The summed E-state index contributed by atoms with van der Waals surface area (Å²) in [5.41, 5.74) is -0.0231. The van der Waals surface area contributed by atoms with Crippen molar-refractivity contribution in [2.75, 3.05) is 4.72 Å². The van der Waals surface area contributed by atoms with Crippen LogP contribution in [0, 0.1) is 17.0 Å². The Kier molecular flexibility index (Phi) is 4.33. The fourth-order valence-electron chi connectivity index (χ4n) is 1.72. The molecule has 8 nitrogen and oxygen atoms in total. The van der Waals surface area contributed by atoms with Gasteiger partial charge in [-0.05, 0) is 35.0 Å². The van der Waals surface area contributed by atoms with Crippen LogP contribution in [0.5, 0.6) is 0 Å². The number of aromatic nitrogens is 1. The summed E-state index contributed by atoms with van der Waals surface area (Å²) in [5.74, 6) is -0.157. The Morgan fingerprint density at radius 3 is 2.68 bits per heavy atom. The van der Waals surface area contributed by atoms with Crippen LogP contribution in [0.25, 0.3) is 6.08 Å². The van der Waals surface area contributed by atoms with Crippen LogP contribution in [-0.4, -0.2) is 18.5 Å². The minimum atomic E-state index is -4.23. The minimum Gasteiger partial charge on any atom is -0.336 e. The van der Waals surface area contributed by atoms with Gasteiger partial charge in [0.15, 0.2) is 4.90 Å². The lowest BCUT2D eigenvalue weighted by Gasteiger charge is -2.07. The zero-order valence-electron chi connectivity index (χ0n) is 11.2. The molecule has 0 aliphatic carbocycles. The third kappa shape index (κ3) is 2.88. The van der Waals surface area contributed by atoms with Crippen LogP contribution in [0.4, 0.5) is 11.6 Å². The van der Waals surface area contributed by atoms with E-state index in [-0.39, 0.29) is 11.4 Å². The number of nitro groups is 1. The molecule has 0 bridgehead atoms. The average Bonchev–Trinajstić information content (AvgIpc) is 2.77. The number of benzene rings is 1. The molecule has 0 unspecified atom stereocenters. The standard InChI is InChI=1S/C12H10BrN3O5S/c1-3-8-5-4-6-9(11(8)16(17)18)22(19,20)15-12-10(13)7(2)14-21-12/h3-6,15H,1H2,2H3. The van der Waals surface area contributed by atoms with E-state index in [1.165, 1.54) is 18.2 Å². The number of sulfonamides is 1. The van der Waals surface area contributed by atoms with Crippen molar-refractivity contribution in [1.29, 1.82) is 0 Å². The molecule has 2 aromatic rings. The first-order valence-corrected chi connectivity index (χ1v) is 8.10. The Balaban J connectivity index is 2.57. The quantitative estimate of drug-likeness (QED) is 0.622. The molecule has 22 heavy (non-hydrogen) atoms. The van der Waals surface area contributed by atoms with Gasteiger partial charge in [-0.2, -0.15) is 0 Å². The van der Waals surface area contributed by atoms with Crippen molar-refractivity contribution in [3.63, 3.8) is 0 Å². The second-order valence-corrected chi connectivity index (χ2v) is 6.62. The Labute approximate surface area is 134 Å². The van der Waals surface area contributed by atoms with Crippen molar-refractivity contribution < 1.29 is 17.9 Å². The monoisotopic (exact) mass is 387 g/mol. The third-order valence-corrected chi connectivity index (χ3v) is 5.04. The smallest absolute Gasteiger partial charge is 0.297 e. The molecular formula is C12H10BrN3O5S. The third-order valence-electron chi connectivity index (χ3n) is 2.74. The van der Waals surface area contributed by atoms with E-state index in [9.17, 15) is 18.5 Å². The fraction of sp³-hybridized carbons (Fsp3) is 0.0833. The molecule has 0 aliphatic heterocycles. The number of nitrogens with zero attached hydrogens (tertiary/aromatic N) is 2. The van der Waals surface area contributed by atoms with E-state index in [4.69, 9.17) is 4.52 Å². The summed E-state index contributed by atoms with van der Waals surface area (Å²) in [4.78, 5) is 9.93. The highest BCUT2D eigenvalue weighted by Gasteiger charge is 2.29. The highest BCUT2D eigenvalue weighted by atomic mass is 79.9. The number of hydrogen-bond acceptors (Lipinski definition) is 6. The number of rotatable bonds is 5. The Morgan fingerprint density at radius 1 is 1.50 bits per heavy atom. The van der Waals surface area contributed by atoms with Crippen molar-refractivity contribution in [2.24, 2.45) is 0 Å². The number of halogens is 1. The van der Waals surface area contributed by atoms with E-state index >= 15 is 0 Å². The first kappa shape index (κ1) is 16.2. The maximum atomic E-state index is 12.4. The predicted molar refractivity (Wildman–Crippen MR) is 82.9 cm³/mol. The van der Waals surface area contributed by atoms with Gasteiger partial charge in [0.25, 0.3) is 21.6 Å². The van der Waals surface area contributed by atoms with Gasteiger partial charge in [0.1, 0.15) is 4.47 Å². The van der Waals surface area contributed by atoms with Gasteiger partial charge in [0, 0.05) is 0 Å². The molecule has 1 aromatic heterocycles. The molecule has 1 N–H and O–H groups in total. The summed E-state index contributed by atoms with van der Waals surface area (Å²) < 4.78 is 32.1. The van der Waals surface area contributed by atoms with Gasteiger partial charge >= 0.3 is 0 Å². The molecule has 0 saturated heterocycles. The van der Waals surface area contributed by atoms with Gasteiger partial charge in [-0.25, -0.2) is 13.1 Å². The highest BCUT2D eigenvalue weighted by Crippen LogP contribution is 2.32. The Hall–Kier alpha value is -2.20. The van der Waals surface area contributed by atoms with E-state index in [0.29, 0.717) is 10.2 Å². The first-order chi connectivity index (χ1) is 10.3. The Morgan fingerprint density at radius 2 is 2.18 bits per heavy atom. The van der Waals surface area contributed by atoms with Gasteiger partial charge < -0.3 is 4.52 Å². The van der Waals surface area contributed by atoms with Crippen LogP contribution in [0.2, 0.25) is 0 Å². The van der Waals surface area contributed by atoms with E-state index in [0.717, 1.165) is 6.07 Å². The molecule has 0 fully saturated rings. The number of hydrogen-bond donors (Lipinski definition) is 1. The first-order valence-electron chi connectivity index (χ1n) is 5.82. The maximum Gasteiger partial charge on any atom is 0.297 e. The topological polar surface area (TPSA) is 115 Å². The second kappa shape index (κ2) is 5.89. The second-order valence-electron chi connectivity index (χ2n) is 4.17. The van der Waals surface area contributed by atoms with Gasteiger partial charge in [0.05, 0.1) is 16.2 Å². The molecule has 10 heteroatoms. The molecule has 0 atom stereocenters. The molecular weight excluding hydrogens is 378 g/mol. The molecule has 116 valence electrons. The molecule has 0 saturated carbocycles. The summed E-state index contributed by atoms with van der Waals surface area (Å²) >= 11 is 3.12. The SMILES string of the molecule is C=Cc1cccc(S(=O)(=O)Nc2onc(C)c2Br)c1[N+](=O)[O-]. The molecule has 1 aromatic carbocycles. The van der Waals surface area contributed by atoms with Crippen molar-refractivity contribution in [2.45, 2.75) is 11.8 Å². The van der Waals surface area contributed by atoms with Crippen LogP contribution in [-0.2, 0) is 10.0 Å². The normalized spacial score (nSPS) is 11.2. The summed E-state index contributed by atoms with van der Waals surface area (Å²) in [6.45, 7) is 5.05. The van der Waals surface area contributed by atoms with Crippen molar-refractivity contribution in [3.05, 3.63) is 50.6 Å². The number of anilines is 1. The van der Waals surface area contributed by atoms with Crippen molar-refractivity contribution in [3.8, 4) is 0 Å². The number of nitrogens with one attached hydrogen (secondary N) is 1. The van der Waals surface area contributed by atoms with E-state index < -0.39 is 25.5 Å². The molecule has 1 heterocycles. The van der Waals surface area contributed by atoms with Crippen LogP contribution in [0.1, 0.15) is 11.3 Å². The van der Waals surface area contributed by atoms with Crippen LogP contribution >= 0.6 is 15.9 Å². The van der Waals surface area contributed by atoms with E-state index in [2.05, 4.69) is 32.4 Å². The summed E-state index contributed by atoms with van der Waals surface area (Å²) in [6, 6.07) is 3.92. The molecule has 0 spiro atoms. The number of nitro benzene ring substituents is 1. The molecule has 0 radical (unpaired) electrons. The van der Waals surface area contributed by atoms with E-state index in [1.807, 2.05) is 0 Å². The number of para-hydroxylation sites is 1. The van der Waals surface area contributed by atoms with Crippen molar-refractivity contribution in [1.82, 2.24) is 5.16 Å². The lowest BCUT2D eigenvalue weighted by Crippen LogP contribution is -2.15. The lowest BCUT2D eigenvalue weighted by molar-refractivity contribution is -0.388. The lowest BCUT2D eigenvalue weighted by atomic mass is 10.2. The van der Waals surface area contributed by atoms with Gasteiger partial charge in [0.2, 0.25) is 0 Å². The Bertz CT molecular complexity index is 860. The molecule has 2 rings (SSSR count).